The van der Waals surface area contributed by atoms with Crippen LogP contribution in [0, 0.1) is 0 Å². The lowest BCUT2D eigenvalue weighted by atomic mass is 10.2. The predicted molar refractivity (Wildman–Crippen MR) is 69.9 cm³/mol. The lowest BCUT2D eigenvalue weighted by Crippen LogP contribution is -2.39. The van der Waals surface area contributed by atoms with Gasteiger partial charge in [0.15, 0.2) is 0 Å². The van der Waals surface area contributed by atoms with Crippen LogP contribution in [-0.2, 0) is 11.0 Å². The summed E-state index contributed by atoms with van der Waals surface area (Å²) in [6.07, 6.45) is -5.46. The molecule has 0 heterocycles. The van der Waals surface area contributed by atoms with Crippen molar-refractivity contribution in [3.8, 4) is 5.75 Å². The number of aliphatic hydroxyl groups is 1. The maximum atomic E-state index is 12.5. The Morgan fingerprint density at radius 3 is 2.76 bits per heavy atom. The second-order valence-electron chi connectivity index (χ2n) is 4.32. The van der Waals surface area contributed by atoms with Gasteiger partial charge in [0.1, 0.15) is 18.5 Å². The molecule has 1 aromatic rings. The fourth-order valence-corrected chi connectivity index (χ4v) is 1.47. The summed E-state index contributed by atoms with van der Waals surface area (Å²) in [5.41, 5.74) is -0.822. The van der Waals surface area contributed by atoms with E-state index in [1.807, 2.05) is 0 Å². The third-order valence-electron chi connectivity index (χ3n) is 2.48. The van der Waals surface area contributed by atoms with Crippen LogP contribution in [-0.4, -0.2) is 43.9 Å². The second-order valence-corrected chi connectivity index (χ2v) is 4.32. The summed E-state index contributed by atoms with van der Waals surface area (Å²) in [5.74, 6) is -0.291. The van der Waals surface area contributed by atoms with Gasteiger partial charge in [0, 0.05) is 6.54 Å². The average molecular weight is 306 g/mol. The lowest BCUT2D eigenvalue weighted by molar-refractivity contribution is -0.137. The molecular weight excluding hydrogens is 289 g/mol. The van der Waals surface area contributed by atoms with Gasteiger partial charge in [0.05, 0.1) is 12.1 Å². The molecule has 21 heavy (non-hydrogen) atoms. The number of halogens is 3. The average Bonchev–Trinajstić information content (AvgIpc) is 2.42. The van der Waals surface area contributed by atoms with Crippen molar-refractivity contribution in [2.45, 2.75) is 12.3 Å². The van der Waals surface area contributed by atoms with Gasteiger partial charge in [0.25, 0.3) is 0 Å². The largest absolute Gasteiger partial charge is 0.491 e. The predicted octanol–water partition coefficient (Wildman–Crippen LogP) is 0.781. The van der Waals surface area contributed by atoms with E-state index in [-0.39, 0.29) is 31.4 Å². The quantitative estimate of drug-likeness (QED) is 0.696. The number of amides is 1. The van der Waals surface area contributed by atoms with Crippen molar-refractivity contribution in [3.05, 3.63) is 29.8 Å². The lowest BCUT2D eigenvalue weighted by Gasteiger charge is -2.14. The fourth-order valence-electron chi connectivity index (χ4n) is 1.47. The van der Waals surface area contributed by atoms with E-state index in [9.17, 15) is 23.1 Å². The molecule has 0 aromatic heterocycles. The Labute approximate surface area is 120 Å². The summed E-state index contributed by atoms with van der Waals surface area (Å²) >= 11 is 0. The van der Waals surface area contributed by atoms with Crippen molar-refractivity contribution in [3.63, 3.8) is 0 Å². The van der Waals surface area contributed by atoms with Crippen LogP contribution in [0.4, 0.5) is 13.2 Å². The summed E-state index contributed by atoms with van der Waals surface area (Å²) in [6, 6.07) is 4.37. The van der Waals surface area contributed by atoms with Crippen molar-refractivity contribution in [2.75, 3.05) is 26.7 Å². The number of aliphatic hydroxyl groups excluding tert-OH is 1. The maximum Gasteiger partial charge on any atom is 0.416 e. The Bertz CT molecular complexity index is 466. The van der Waals surface area contributed by atoms with Crippen LogP contribution in [0.2, 0.25) is 0 Å². The van der Waals surface area contributed by atoms with E-state index in [0.717, 1.165) is 12.1 Å². The molecule has 0 aliphatic rings. The summed E-state index contributed by atoms with van der Waals surface area (Å²) < 4.78 is 42.6. The van der Waals surface area contributed by atoms with Crippen LogP contribution in [0.1, 0.15) is 5.56 Å². The number of rotatable bonds is 7. The highest BCUT2D eigenvalue weighted by molar-refractivity contribution is 5.77. The number of carbonyl (C=O) groups is 1. The van der Waals surface area contributed by atoms with Gasteiger partial charge >= 0.3 is 6.18 Å². The Balaban J connectivity index is 2.43. The molecule has 3 N–H and O–H groups in total. The normalized spacial score (nSPS) is 12.8. The van der Waals surface area contributed by atoms with Gasteiger partial charge in [-0.3, -0.25) is 4.79 Å². The molecule has 118 valence electrons. The van der Waals surface area contributed by atoms with Gasteiger partial charge in [-0.2, -0.15) is 13.2 Å². The third-order valence-corrected chi connectivity index (χ3v) is 2.48. The van der Waals surface area contributed by atoms with Crippen LogP contribution < -0.4 is 15.4 Å². The van der Waals surface area contributed by atoms with E-state index >= 15 is 0 Å². The van der Waals surface area contributed by atoms with E-state index < -0.39 is 17.8 Å². The molecule has 5 nitrogen and oxygen atoms in total. The SMILES string of the molecule is CNCC(=O)NCC(O)COc1cccc(C(F)(F)F)c1. The molecule has 0 saturated heterocycles. The van der Waals surface area contributed by atoms with Gasteiger partial charge in [-0.15, -0.1) is 0 Å². The highest BCUT2D eigenvalue weighted by atomic mass is 19.4. The maximum absolute atomic E-state index is 12.5. The Kier molecular flexibility index (Phi) is 6.44. The topological polar surface area (TPSA) is 70.6 Å². The number of hydrogen-bond acceptors (Lipinski definition) is 4. The number of ether oxygens (including phenoxy) is 1. The highest BCUT2D eigenvalue weighted by Gasteiger charge is 2.30. The molecule has 1 atom stereocenters. The van der Waals surface area contributed by atoms with Crippen LogP contribution in [0.3, 0.4) is 0 Å². The van der Waals surface area contributed by atoms with Crippen molar-refractivity contribution < 1.29 is 27.8 Å². The van der Waals surface area contributed by atoms with E-state index in [2.05, 4.69) is 10.6 Å². The first-order chi connectivity index (χ1) is 9.82. The molecule has 0 aliphatic heterocycles. The van der Waals surface area contributed by atoms with Gasteiger partial charge in [-0.1, -0.05) is 6.07 Å². The zero-order valence-corrected chi connectivity index (χ0v) is 11.4. The summed E-state index contributed by atoms with van der Waals surface area (Å²) in [5, 5.41) is 14.7. The van der Waals surface area contributed by atoms with Gasteiger partial charge < -0.3 is 20.5 Å². The smallest absolute Gasteiger partial charge is 0.416 e. The van der Waals surface area contributed by atoms with E-state index in [4.69, 9.17) is 4.74 Å². The van der Waals surface area contributed by atoms with Crippen LogP contribution in [0.15, 0.2) is 24.3 Å². The minimum absolute atomic E-state index is 0.00502. The zero-order chi connectivity index (χ0) is 15.9. The second kappa shape index (κ2) is 7.84. The summed E-state index contributed by atoms with van der Waals surface area (Å²) in [4.78, 5) is 11.1. The number of hydrogen-bond donors (Lipinski definition) is 3. The minimum atomic E-state index is -4.45. The summed E-state index contributed by atoms with van der Waals surface area (Å²) in [7, 11) is 1.60. The Hall–Kier alpha value is -1.80. The van der Waals surface area contributed by atoms with Crippen molar-refractivity contribution in [2.24, 2.45) is 0 Å². The zero-order valence-electron chi connectivity index (χ0n) is 11.4. The molecule has 0 spiro atoms. The molecule has 1 unspecified atom stereocenters. The first-order valence-electron chi connectivity index (χ1n) is 6.22. The van der Waals surface area contributed by atoms with Crippen molar-refractivity contribution in [1.29, 1.82) is 0 Å². The Morgan fingerprint density at radius 2 is 2.14 bits per heavy atom. The molecule has 1 rings (SSSR count). The van der Waals surface area contributed by atoms with Gasteiger partial charge in [0.2, 0.25) is 5.91 Å². The van der Waals surface area contributed by atoms with Crippen molar-refractivity contribution >= 4 is 5.91 Å². The molecule has 0 aliphatic carbocycles. The molecule has 1 aromatic carbocycles. The number of likely N-dealkylation sites (N-methyl/N-ethyl adjacent to an activating group) is 1. The summed E-state index contributed by atoms with van der Waals surface area (Å²) in [6.45, 7) is -0.151. The number of benzene rings is 1. The van der Waals surface area contributed by atoms with Gasteiger partial charge in [-0.25, -0.2) is 0 Å². The minimum Gasteiger partial charge on any atom is -0.491 e. The highest BCUT2D eigenvalue weighted by Crippen LogP contribution is 2.31. The Morgan fingerprint density at radius 1 is 1.43 bits per heavy atom. The van der Waals surface area contributed by atoms with Crippen LogP contribution in [0.5, 0.6) is 5.75 Å². The third kappa shape index (κ3) is 6.46. The fraction of sp³-hybridized carbons (Fsp3) is 0.462. The first kappa shape index (κ1) is 17.3. The van der Waals surface area contributed by atoms with Gasteiger partial charge in [-0.05, 0) is 25.2 Å². The van der Waals surface area contributed by atoms with E-state index in [0.29, 0.717) is 0 Å². The first-order valence-corrected chi connectivity index (χ1v) is 6.22. The van der Waals surface area contributed by atoms with E-state index in [1.165, 1.54) is 12.1 Å². The standard InChI is InChI=1S/C13H17F3N2O3/c1-17-7-12(20)18-6-10(19)8-21-11-4-2-3-9(5-11)13(14,15)16/h2-5,10,17,19H,6-8H2,1H3,(H,18,20). The molecule has 0 fully saturated rings. The van der Waals surface area contributed by atoms with Crippen LogP contribution >= 0.6 is 0 Å². The molecular formula is C13H17F3N2O3. The van der Waals surface area contributed by atoms with Crippen LogP contribution in [0.25, 0.3) is 0 Å². The monoisotopic (exact) mass is 306 g/mol. The van der Waals surface area contributed by atoms with Crippen molar-refractivity contribution in [1.82, 2.24) is 10.6 Å². The molecule has 0 bridgehead atoms. The molecule has 1 amide bonds. The number of nitrogens with one attached hydrogen (secondary N) is 2. The molecule has 0 radical (unpaired) electrons. The van der Waals surface area contributed by atoms with E-state index in [1.54, 1.807) is 7.05 Å². The number of carbonyl (C=O) groups excluding carboxylic acids is 1. The number of alkyl halides is 3. The molecule has 0 saturated carbocycles. The molecule has 8 heteroatoms.